The topological polar surface area (TPSA) is 33.3 Å². The Morgan fingerprint density at radius 1 is 1.19 bits per heavy atom. The van der Waals surface area contributed by atoms with Crippen molar-refractivity contribution in [1.29, 1.82) is 0 Å². The molecule has 0 heterocycles. The highest BCUT2D eigenvalue weighted by Crippen LogP contribution is 2.00. The van der Waals surface area contributed by atoms with Gasteiger partial charge in [0.1, 0.15) is 0 Å². The van der Waals surface area contributed by atoms with Crippen LogP contribution in [0.25, 0.3) is 0 Å². The summed E-state index contributed by atoms with van der Waals surface area (Å²) in [5, 5.41) is 7.01. The monoisotopic (exact) mass is 230 g/mol. The van der Waals surface area contributed by atoms with Gasteiger partial charge in [-0.1, -0.05) is 0 Å². The Morgan fingerprint density at radius 2 is 1.81 bits per heavy atom. The molecule has 0 spiro atoms. The number of rotatable bonds is 8. The minimum absolute atomic E-state index is 0.209. The Kier molecular flexibility index (Phi) is 7.98. The fraction of sp³-hybridized carbons (Fsp3) is 1.00. The van der Waals surface area contributed by atoms with Crippen LogP contribution in [-0.2, 0) is 4.74 Å². The molecule has 0 aliphatic rings. The molecule has 16 heavy (non-hydrogen) atoms. The molecule has 0 aliphatic carbocycles. The van der Waals surface area contributed by atoms with Crippen molar-refractivity contribution in [2.45, 2.75) is 65.1 Å². The minimum Gasteiger partial charge on any atom is -0.382 e. The summed E-state index contributed by atoms with van der Waals surface area (Å²) in [4.78, 5) is 0. The van der Waals surface area contributed by atoms with E-state index in [0.29, 0.717) is 12.1 Å². The first-order valence-electron chi connectivity index (χ1n) is 6.36. The Balaban J connectivity index is 3.40. The van der Waals surface area contributed by atoms with E-state index in [1.807, 2.05) is 0 Å². The summed E-state index contributed by atoms with van der Waals surface area (Å²) >= 11 is 0. The number of hydrogen-bond acceptors (Lipinski definition) is 3. The molecule has 0 radical (unpaired) electrons. The van der Waals surface area contributed by atoms with Gasteiger partial charge >= 0.3 is 0 Å². The average Bonchev–Trinajstić information content (AvgIpc) is 2.20. The summed E-state index contributed by atoms with van der Waals surface area (Å²) in [6, 6.07) is 0.525. The molecule has 0 fully saturated rings. The molecule has 0 aromatic heterocycles. The standard InChI is InChI=1S/C13H30N2O/c1-11(10-15-13(3,4)5)14-9-7-8-12(2)16-6/h11-12,14-15H,7-10H2,1-6H3. The molecule has 2 unspecified atom stereocenters. The van der Waals surface area contributed by atoms with Gasteiger partial charge in [0, 0.05) is 25.2 Å². The molecule has 98 valence electrons. The molecular weight excluding hydrogens is 200 g/mol. The zero-order valence-corrected chi connectivity index (χ0v) is 11.9. The van der Waals surface area contributed by atoms with Crippen LogP contribution in [-0.4, -0.2) is 37.9 Å². The van der Waals surface area contributed by atoms with Gasteiger partial charge in [-0.2, -0.15) is 0 Å². The molecule has 2 N–H and O–H groups in total. The second kappa shape index (κ2) is 8.04. The van der Waals surface area contributed by atoms with Gasteiger partial charge in [0.2, 0.25) is 0 Å². The third-order valence-electron chi connectivity index (χ3n) is 2.62. The van der Waals surface area contributed by atoms with E-state index in [1.165, 1.54) is 6.42 Å². The fourth-order valence-electron chi connectivity index (χ4n) is 1.39. The van der Waals surface area contributed by atoms with Crippen molar-refractivity contribution in [3.63, 3.8) is 0 Å². The summed E-state index contributed by atoms with van der Waals surface area (Å²) in [6.45, 7) is 13.0. The van der Waals surface area contributed by atoms with E-state index in [2.05, 4.69) is 45.3 Å². The molecule has 0 saturated carbocycles. The minimum atomic E-state index is 0.209. The predicted molar refractivity (Wildman–Crippen MR) is 70.9 cm³/mol. The summed E-state index contributed by atoms with van der Waals surface area (Å²) < 4.78 is 5.21. The van der Waals surface area contributed by atoms with Crippen molar-refractivity contribution < 1.29 is 4.74 Å². The molecular formula is C13H30N2O. The van der Waals surface area contributed by atoms with Crippen molar-refractivity contribution in [3.8, 4) is 0 Å². The lowest BCUT2D eigenvalue weighted by atomic mass is 10.1. The van der Waals surface area contributed by atoms with Gasteiger partial charge in [0.05, 0.1) is 6.10 Å². The van der Waals surface area contributed by atoms with Gasteiger partial charge in [0.25, 0.3) is 0 Å². The van der Waals surface area contributed by atoms with E-state index >= 15 is 0 Å². The Bertz CT molecular complexity index is 166. The highest BCUT2D eigenvalue weighted by Gasteiger charge is 2.10. The highest BCUT2D eigenvalue weighted by atomic mass is 16.5. The zero-order chi connectivity index (χ0) is 12.6. The van der Waals surface area contributed by atoms with Crippen LogP contribution in [0.4, 0.5) is 0 Å². The fourth-order valence-corrected chi connectivity index (χ4v) is 1.39. The maximum Gasteiger partial charge on any atom is 0.0543 e. The van der Waals surface area contributed by atoms with E-state index in [4.69, 9.17) is 4.74 Å². The van der Waals surface area contributed by atoms with Crippen LogP contribution in [0.15, 0.2) is 0 Å². The van der Waals surface area contributed by atoms with Gasteiger partial charge in [-0.05, 0) is 54.0 Å². The Labute approximate surface area is 101 Å². The lowest BCUT2D eigenvalue weighted by molar-refractivity contribution is 0.109. The van der Waals surface area contributed by atoms with Crippen LogP contribution in [0.1, 0.15) is 47.5 Å². The van der Waals surface area contributed by atoms with Gasteiger partial charge < -0.3 is 15.4 Å². The first kappa shape index (κ1) is 15.9. The van der Waals surface area contributed by atoms with Crippen LogP contribution in [0.5, 0.6) is 0 Å². The highest BCUT2D eigenvalue weighted by molar-refractivity contribution is 4.74. The number of methoxy groups -OCH3 is 1. The first-order valence-corrected chi connectivity index (χ1v) is 6.36. The maximum absolute atomic E-state index is 5.21. The zero-order valence-electron chi connectivity index (χ0n) is 11.9. The molecule has 0 amide bonds. The third kappa shape index (κ3) is 10.4. The third-order valence-corrected chi connectivity index (χ3v) is 2.62. The van der Waals surface area contributed by atoms with E-state index in [-0.39, 0.29) is 5.54 Å². The first-order chi connectivity index (χ1) is 7.35. The molecule has 0 bridgehead atoms. The second-order valence-corrected chi connectivity index (χ2v) is 5.67. The van der Waals surface area contributed by atoms with Gasteiger partial charge in [-0.25, -0.2) is 0 Å². The number of hydrogen-bond donors (Lipinski definition) is 2. The van der Waals surface area contributed by atoms with Crippen molar-refractivity contribution >= 4 is 0 Å². The van der Waals surface area contributed by atoms with Gasteiger partial charge in [-0.3, -0.25) is 0 Å². The quantitative estimate of drug-likeness (QED) is 0.627. The molecule has 0 aromatic rings. The SMILES string of the molecule is COC(C)CCCNC(C)CNC(C)(C)C. The number of ether oxygens (including phenoxy) is 1. The van der Waals surface area contributed by atoms with Crippen LogP contribution >= 0.6 is 0 Å². The van der Waals surface area contributed by atoms with Crippen molar-refractivity contribution in [3.05, 3.63) is 0 Å². The molecule has 0 aliphatic heterocycles. The largest absolute Gasteiger partial charge is 0.382 e. The van der Waals surface area contributed by atoms with E-state index in [0.717, 1.165) is 19.5 Å². The summed E-state index contributed by atoms with van der Waals surface area (Å²) in [5.41, 5.74) is 0.209. The van der Waals surface area contributed by atoms with Crippen molar-refractivity contribution in [1.82, 2.24) is 10.6 Å². The normalized spacial score (nSPS) is 16.1. The molecule has 0 rings (SSSR count). The second-order valence-electron chi connectivity index (χ2n) is 5.67. The Morgan fingerprint density at radius 3 is 2.31 bits per heavy atom. The van der Waals surface area contributed by atoms with Gasteiger partial charge in [-0.15, -0.1) is 0 Å². The average molecular weight is 230 g/mol. The molecule has 3 heteroatoms. The molecule has 0 aromatic carbocycles. The maximum atomic E-state index is 5.21. The van der Waals surface area contributed by atoms with Crippen molar-refractivity contribution in [2.24, 2.45) is 0 Å². The van der Waals surface area contributed by atoms with E-state index in [1.54, 1.807) is 7.11 Å². The Hall–Kier alpha value is -0.120. The number of nitrogens with one attached hydrogen (secondary N) is 2. The summed E-state index contributed by atoms with van der Waals surface area (Å²) in [7, 11) is 1.77. The van der Waals surface area contributed by atoms with Crippen LogP contribution in [0.3, 0.4) is 0 Å². The summed E-state index contributed by atoms with van der Waals surface area (Å²) in [6.07, 6.45) is 2.68. The van der Waals surface area contributed by atoms with Crippen LogP contribution in [0, 0.1) is 0 Å². The van der Waals surface area contributed by atoms with E-state index in [9.17, 15) is 0 Å². The lowest BCUT2D eigenvalue weighted by Crippen LogP contribution is -2.44. The van der Waals surface area contributed by atoms with Crippen molar-refractivity contribution in [2.75, 3.05) is 20.2 Å². The smallest absolute Gasteiger partial charge is 0.0543 e. The summed E-state index contributed by atoms with van der Waals surface area (Å²) in [5.74, 6) is 0. The van der Waals surface area contributed by atoms with Gasteiger partial charge in [0.15, 0.2) is 0 Å². The predicted octanol–water partition coefficient (Wildman–Crippen LogP) is 2.17. The lowest BCUT2D eigenvalue weighted by Gasteiger charge is -2.24. The van der Waals surface area contributed by atoms with E-state index < -0.39 is 0 Å². The van der Waals surface area contributed by atoms with Crippen LogP contribution < -0.4 is 10.6 Å². The molecule has 2 atom stereocenters. The van der Waals surface area contributed by atoms with Crippen LogP contribution in [0.2, 0.25) is 0 Å². The molecule has 3 nitrogen and oxygen atoms in total. The molecule has 0 saturated heterocycles.